The van der Waals surface area contributed by atoms with Gasteiger partial charge in [0.15, 0.2) is 11.5 Å². The molecule has 0 amide bonds. The molecule has 1 aromatic heterocycles. The molecule has 0 fully saturated rings. The number of rotatable bonds is 2. The summed E-state index contributed by atoms with van der Waals surface area (Å²) in [7, 11) is 0. The number of anilines is 3. The van der Waals surface area contributed by atoms with E-state index in [0.29, 0.717) is 0 Å². The highest BCUT2D eigenvalue weighted by Crippen LogP contribution is 2.52. The molecule has 210 valence electrons. The SMILES string of the molecule is c1ccc(N2c3ccccc3Oc3cc(-c4cc5c6c(c4)c4ccccc4n6-c4ccccc4-c4ccccc4-5)ccc32)cc1. The minimum Gasteiger partial charge on any atom is -0.453 e. The highest BCUT2D eigenvalue weighted by Gasteiger charge is 2.28. The van der Waals surface area contributed by atoms with Gasteiger partial charge in [0.25, 0.3) is 0 Å². The Hall–Kier alpha value is -6.06. The van der Waals surface area contributed by atoms with Crippen molar-refractivity contribution in [3.63, 3.8) is 0 Å². The summed E-state index contributed by atoms with van der Waals surface area (Å²) < 4.78 is 9.06. The predicted molar refractivity (Wildman–Crippen MR) is 185 cm³/mol. The predicted octanol–water partition coefficient (Wildman–Crippen LogP) is 11.7. The van der Waals surface area contributed by atoms with Crippen molar-refractivity contribution in [1.29, 1.82) is 0 Å². The van der Waals surface area contributed by atoms with Crippen molar-refractivity contribution in [3.05, 3.63) is 158 Å². The van der Waals surface area contributed by atoms with Gasteiger partial charge < -0.3 is 14.2 Å². The van der Waals surface area contributed by atoms with E-state index in [1.807, 2.05) is 12.1 Å². The molecule has 10 rings (SSSR count). The first-order valence-corrected chi connectivity index (χ1v) is 15.4. The zero-order valence-electron chi connectivity index (χ0n) is 24.3. The monoisotopic (exact) mass is 574 g/mol. The zero-order chi connectivity index (χ0) is 29.5. The summed E-state index contributed by atoms with van der Waals surface area (Å²) in [5, 5.41) is 2.50. The lowest BCUT2D eigenvalue weighted by molar-refractivity contribution is 0.477. The topological polar surface area (TPSA) is 17.4 Å². The molecule has 3 heterocycles. The van der Waals surface area contributed by atoms with Gasteiger partial charge in [-0.2, -0.15) is 0 Å². The Balaban J connectivity index is 1.24. The first-order chi connectivity index (χ1) is 22.3. The van der Waals surface area contributed by atoms with Crippen LogP contribution in [0, 0.1) is 0 Å². The van der Waals surface area contributed by atoms with E-state index in [2.05, 4.69) is 155 Å². The number of para-hydroxylation sites is 5. The third-order valence-corrected chi connectivity index (χ3v) is 9.30. The second kappa shape index (κ2) is 9.22. The Morgan fingerprint density at radius 1 is 0.400 bits per heavy atom. The Morgan fingerprint density at radius 3 is 1.93 bits per heavy atom. The number of fused-ring (bicyclic) bond motifs is 10. The van der Waals surface area contributed by atoms with E-state index in [4.69, 9.17) is 4.74 Å². The molecule has 0 bridgehead atoms. The summed E-state index contributed by atoms with van der Waals surface area (Å²) in [5.41, 5.74) is 14.1. The van der Waals surface area contributed by atoms with Gasteiger partial charge in [0.2, 0.25) is 0 Å². The molecule has 0 saturated heterocycles. The Labute approximate surface area is 260 Å². The molecule has 3 nitrogen and oxygen atoms in total. The van der Waals surface area contributed by atoms with Crippen LogP contribution in [0.5, 0.6) is 11.5 Å². The highest BCUT2D eigenvalue weighted by molar-refractivity contribution is 6.17. The average Bonchev–Trinajstić information content (AvgIpc) is 3.38. The molecule has 7 aromatic carbocycles. The van der Waals surface area contributed by atoms with Gasteiger partial charge in [-0.05, 0) is 82.9 Å². The lowest BCUT2D eigenvalue weighted by Crippen LogP contribution is -2.15. The van der Waals surface area contributed by atoms with Crippen LogP contribution in [0.4, 0.5) is 17.1 Å². The number of benzene rings is 7. The second-order valence-corrected chi connectivity index (χ2v) is 11.8. The minimum atomic E-state index is 0.844. The molecule has 0 unspecified atom stereocenters. The quantitative estimate of drug-likeness (QED) is 0.204. The molecular weight excluding hydrogens is 548 g/mol. The largest absolute Gasteiger partial charge is 0.453 e. The molecule has 3 heteroatoms. The fraction of sp³-hybridized carbons (Fsp3) is 0. The van der Waals surface area contributed by atoms with Crippen molar-refractivity contribution in [1.82, 2.24) is 4.57 Å². The van der Waals surface area contributed by atoms with Crippen molar-refractivity contribution < 1.29 is 4.74 Å². The maximum absolute atomic E-state index is 6.59. The molecule has 0 atom stereocenters. The number of hydrogen-bond donors (Lipinski definition) is 0. The Morgan fingerprint density at radius 2 is 1.07 bits per heavy atom. The maximum Gasteiger partial charge on any atom is 0.152 e. The molecule has 0 spiro atoms. The third kappa shape index (κ3) is 3.46. The van der Waals surface area contributed by atoms with Crippen molar-refractivity contribution in [3.8, 4) is 50.6 Å². The first kappa shape index (κ1) is 24.4. The smallest absolute Gasteiger partial charge is 0.152 e. The molecule has 0 saturated carbocycles. The number of ether oxygens (including phenoxy) is 1. The van der Waals surface area contributed by atoms with Crippen LogP contribution in [0.2, 0.25) is 0 Å². The van der Waals surface area contributed by atoms with E-state index in [9.17, 15) is 0 Å². The molecule has 0 radical (unpaired) electrons. The standard InChI is InChI=1S/C42H26N2O/c1-2-12-29(13-3-1)43-38-20-10-11-21-40(38)45-41-26-27(22-23-39(41)43)28-24-34-31-15-5-4-14-30(31)32-16-6-8-18-36(32)44-37-19-9-7-17-33(37)35(25-28)42(34)44/h1-26H. The summed E-state index contributed by atoms with van der Waals surface area (Å²) >= 11 is 0. The summed E-state index contributed by atoms with van der Waals surface area (Å²) in [4.78, 5) is 2.29. The van der Waals surface area contributed by atoms with E-state index in [0.717, 1.165) is 39.7 Å². The van der Waals surface area contributed by atoms with Crippen LogP contribution in [0.25, 0.3) is 60.9 Å². The van der Waals surface area contributed by atoms with Crippen molar-refractivity contribution in [2.45, 2.75) is 0 Å². The summed E-state index contributed by atoms with van der Waals surface area (Å²) in [6, 6.07) is 56.5. The molecule has 8 aromatic rings. The molecule has 0 aliphatic carbocycles. The first-order valence-electron chi connectivity index (χ1n) is 15.4. The van der Waals surface area contributed by atoms with E-state index >= 15 is 0 Å². The van der Waals surface area contributed by atoms with Crippen molar-refractivity contribution in [2.24, 2.45) is 0 Å². The van der Waals surface area contributed by atoms with Crippen LogP contribution in [0.1, 0.15) is 0 Å². The molecule has 2 aliphatic heterocycles. The Bertz CT molecular complexity index is 2470. The molecule has 0 N–H and O–H groups in total. The molecular formula is C42H26N2O. The van der Waals surface area contributed by atoms with Crippen molar-refractivity contribution >= 4 is 38.9 Å². The van der Waals surface area contributed by atoms with E-state index in [1.54, 1.807) is 0 Å². The van der Waals surface area contributed by atoms with Crippen molar-refractivity contribution in [2.75, 3.05) is 4.90 Å². The van der Waals surface area contributed by atoms with Gasteiger partial charge in [-0.25, -0.2) is 0 Å². The fourth-order valence-electron chi connectivity index (χ4n) is 7.36. The third-order valence-electron chi connectivity index (χ3n) is 9.30. The lowest BCUT2D eigenvalue weighted by Gasteiger charge is -2.33. The summed E-state index contributed by atoms with van der Waals surface area (Å²) in [6.45, 7) is 0. The van der Waals surface area contributed by atoms with Crippen LogP contribution in [-0.4, -0.2) is 4.57 Å². The van der Waals surface area contributed by atoms with E-state index in [-0.39, 0.29) is 0 Å². The highest BCUT2D eigenvalue weighted by atomic mass is 16.5. The number of nitrogens with zero attached hydrogens (tertiary/aromatic N) is 2. The van der Waals surface area contributed by atoms with Gasteiger partial charge in [-0.3, -0.25) is 0 Å². The maximum atomic E-state index is 6.59. The normalized spacial score (nSPS) is 12.6. The Kier molecular flexibility index (Phi) is 5.00. The minimum absolute atomic E-state index is 0.844. The van der Waals surface area contributed by atoms with E-state index < -0.39 is 0 Å². The van der Waals surface area contributed by atoms with Gasteiger partial charge >= 0.3 is 0 Å². The lowest BCUT2D eigenvalue weighted by atomic mass is 9.91. The van der Waals surface area contributed by atoms with Gasteiger partial charge in [0, 0.05) is 27.6 Å². The van der Waals surface area contributed by atoms with Crippen LogP contribution < -0.4 is 9.64 Å². The van der Waals surface area contributed by atoms with Crippen LogP contribution >= 0.6 is 0 Å². The number of aromatic nitrogens is 1. The van der Waals surface area contributed by atoms with Crippen LogP contribution in [0.3, 0.4) is 0 Å². The van der Waals surface area contributed by atoms with Gasteiger partial charge in [0.1, 0.15) is 0 Å². The summed E-state index contributed by atoms with van der Waals surface area (Å²) in [5.74, 6) is 1.69. The second-order valence-electron chi connectivity index (χ2n) is 11.8. The van der Waals surface area contributed by atoms with Gasteiger partial charge in [0.05, 0.1) is 28.1 Å². The average molecular weight is 575 g/mol. The van der Waals surface area contributed by atoms with Crippen LogP contribution in [-0.2, 0) is 0 Å². The van der Waals surface area contributed by atoms with Crippen LogP contribution in [0.15, 0.2) is 158 Å². The zero-order valence-corrected chi connectivity index (χ0v) is 24.3. The van der Waals surface area contributed by atoms with E-state index in [1.165, 1.54) is 49.7 Å². The number of hydrogen-bond acceptors (Lipinski definition) is 2. The fourth-order valence-corrected chi connectivity index (χ4v) is 7.36. The summed E-state index contributed by atoms with van der Waals surface area (Å²) in [6.07, 6.45) is 0. The molecule has 45 heavy (non-hydrogen) atoms. The molecule has 2 aliphatic rings. The van der Waals surface area contributed by atoms with Gasteiger partial charge in [-0.15, -0.1) is 0 Å². The van der Waals surface area contributed by atoms with Gasteiger partial charge in [-0.1, -0.05) is 97.1 Å².